The van der Waals surface area contributed by atoms with Gasteiger partial charge in [-0.3, -0.25) is 4.79 Å². The molecule has 0 amide bonds. The Morgan fingerprint density at radius 1 is 1.29 bits per heavy atom. The first-order valence-corrected chi connectivity index (χ1v) is 11.3. The van der Waals surface area contributed by atoms with Gasteiger partial charge in [-0.2, -0.15) is 0 Å². The molecule has 1 fully saturated rings. The van der Waals surface area contributed by atoms with E-state index in [4.69, 9.17) is 4.74 Å². The lowest BCUT2D eigenvalue weighted by atomic mass is 10.1. The summed E-state index contributed by atoms with van der Waals surface area (Å²) in [6.45, 7) is 4.50. The van der Waals surface area contributed by atoms with Crippen LogP contribution in [0.4, 0.5) is 0 Å². The van der Waals surface area contributed by atoms with Gasteiger partial charge in [-0.15, -0.1) is 21.5 Å². The van der Waals surface area contributed by atoms with E-state index in [0.717, 1.165) is 36.0 Å². The van der Waals surface area contributed by atoms with E-state index in [1.807, 2.05) is 38.1 Å². The molecule has 2 heterocycles. The minimum Gasteiger partial charge on any atom is -0.494 e. The second kappa shape index (κ2) is 8.49. The van der Waals surface area contributed by atoms with Crippen LogP contribution in [0.5, 0.6) is 5.75 Å². The fourth-order valence-electron chi connectivity index (χ4n) is 3.11. The Balaban J connectivity index is 1.48. The van der Waals surface area contributed by atoms with Crippen LogP contribution in [0.3, 0.4) is 0 Å². The van der Waals surface area contributed by atoms with Crippen molar-refractivity contribution < 1.29 is 9.53 Å². The number of rotatable bonds is 9. The summed E-state index contributed by atoms with van der Waals surface area (Å²) in [7, 11) is 0. The molecule has 2 aromatic heterocycles. The molecule has 5 nitrogen and oxygen atoms in total. The Hall–Kier alpha value is -2.12. The third kappa shape index (κ3) is 4.31. The van der Waals surface area contributed by atoms with E-state index in [2.05, 4.69) is 32.3 Å². The van der Waals surface area contributed by atoms with Gasteiger partial charge in [0.05, 0.1) is 11.9 Å². The van der Waals surface area contributed by atoms with Gasteiger partial charge in [0.2, 0.25) is 0 Å². The number of carbonyl (C=O) groups is 1. The topological polar surface area (TPSA) is 57.0 Å². The van der Waals surface area contributed by atoms with Crippen molar-refractivity contribution >= 4 is 28.9 Å². The molecule has 28 heavy (non-hydrogen) atoms. The summed E-state index contributed by atoms with van der Waals surface area (Å²) in [6.07, 6.45) is 3.11. The molecule has 1 saturated carbocycles. The summed E-state index contributed by atoms with van der Waals surface area (Å²) >= 11 is 3.24. The Morgan fingerprint density at radius 3 is 2.71 bits per heavy atom. The van der Waals surface area contributed by atoms with E-state index in [0.29, 0.717) is 18.2 Å². The third-order valence-electron chi connectivity index (χ3n) is 4.66. The SMILES string of the molecule is CCOc1ccc(C(=O)[C@H](C)Sc2nnc(Cc3cccs3)n2C2CC2)cc1. The summed E-state index contributed by atoms with van der Waals surface area (Å²) in [5, 5.41) is 11.6. The molecule has 4 rings (SSSR count). The summed E-state index contributed by atoms with van der Waals surface area (Å²) in [4.78, 5) is 14.1. The van der Waals surface area contributed by atoms with Crippen molar-refractivity contribution in [3.05, 3.63) is 58.0 Å². The number of Topliss-reactive ketones (excluding diaryl/α,β-unsaturated/α-hetero) is 1. The third-order valence-corrected chi connectivity index (χ3v) is 6.59. The molecule has 1 aliphatic carbocycles. The van der Waals surface area contributed by atoms with Crippen molar-refractivity contribution in [2.24, 2.45) is 0 Å². The van der Waals surface area contributed by atoms with E-state index < -0.39 is 0 Å². The molecule has 0 unspecified atom stereocenters. The standard InChI is InChI=1S/C21H23N3O2S2/c1-3-26-17-10-6-15(7-11-17)20(25)14(2)28-21-23-22-19(24(21)16-8-9-16)13-18-5-4-12-27-18/h4-7,10-12,14,16H,3,8-9,13H2,1-2H3/t14-/m0/s1. The van der Waals surface area contributed by atoms with Gasteiger partial charge in [-0.05, 0) is 62.4 Å². The maximum absolute atomic E-state index is 12.9. The van der Waals surface area contributed by atoms with Gasteiger partial charge in [0.1, 0.15) is 11.6 Å². The molecule has 3 aromatic rings. The Kier molecular flexibility index (Phi) is 5.82. The summed E-state index contributed by atoms with van der Waals surface area (Å²) in [5.41, 5.74) is 0.694. The van der Waals surface area contributed by atoms with Crippen molar-refractivity contribution in [2.45, 2.75) is 49.6 Å². The maximum Gasteiger partial charge on any atom is 0.192 e. The average Bonchev–Trinajstić information content (AvgIpc) is 3.26. The zero-order valence-corrected chi connectivity index (χ0v) is 17.6. The first-order chi connectivity index (χ1) is 13.7. The van der Waals surface area contributed by atoms with Gasteiger partial charge in [0.15, 0.2) is 10.9 Å². The highest BCUT2D eigenvalue weighted by Crippen LogP contribution is 2.40. The molecule has 146 valence electrons. The van der Waals surface area contributed by atoms with Gasteiger partial charge >= 0.3 is 0 Å². The van der Waals surface area contributed by atoms with Crippen molar-refractivity contribution in [3.8, 4) is 5.75 Å². The molecule has 0 bridgehead atoms. The Bertz CT molecular complexity index is 931. The predicted octanol–water partition coefficient (Wildman–Crippen LogP) is 5.03. The lowest BCUT2D eigenvalue weighted by molar-refractivity contribution is 0.0994. The van der Waals surface area contributed by atoms with Crippen LogP contribution in [0.15, 0.2) is 46.9 Å². The van der Waals surface area contributed by atoms with Crippen LogP contribution in [0, 0.1) is 0 Å². The van der Waals surface area contributed by atoms with E-state index in [1.165, 1.54) is 16.6 Å². The van der Waals surface area contributed by atoms with Gasteiger partial charge in [-0.1, -0.05) is 17.8 Å². The number of ether oxygens (including phenoxy) is 1. The number of hydrogen-bond acceptors (Lipinski definition) is 6. The van der Waals surface area contributed by atoms with E-state index >= 15 is 0 Å². The predicted molar refractivity (Wildman–Crippen MR) is 113 cm³/mol. The highest BCUT2D eigenvalue weighted by Gasteiger charge is 2.31. The lowest BCUT2D eigenvalue weighted by Gasteiger charge is -2.12. The number of benzene rings is 1. The number of hydrogen-bond donors (Lipinski definition) is 0. The van der Waals surface area contributed by atoms with E-state index in [1.54, 1.807) is 11.3 Å². The average molecular weight is 414 g/mol. The second-order valence-corrected chi connectivity index (χ2v) is 9.18. The van der Waals surface area contributed by atoms with Crippen molar-refractivity contribution in [3.63, 3.8) is 0 Å². The minimum atomic E-state index is -0.228. The first-order valence-electron chi connectivity index (χ1n) is 9.55. The Labute approximate surface area is 173 Å². The van der Waals surface area contributed by atoms with Crippen LogP contribution in [0.1, 0.15) is 53.8 Å². The second-order valence-electron chi connectivity index (χ2n) is 6.84. The highest BCUT2D eigenvalue weighted by atomic mass is 32.2. The smallest absolute Gasteiger partial charge is 0.192 e. The van der Waals surface area contributed by atoms with Crippen molar-refractivity contribution in [1.29, 1.82) is 0 Å². The molecular weight excluding hydrogens is 390 g/mol. The minimum absolute atomic E-state index is 0.0956. The number of carbonyl (C=O) groups excluding carboxylic acids is 1. The summed E-state index contributed by atoms with van der Waals surface area (Å²) < 4.78 is 7.70. The fraction of sp³-hybridized carbons (Fsp3) is 0.381. The van der Waals surface area contributed by atoms with Gasteiger partial charge in [0, 0.05) is 22.9 Å². The number of aromatic nitrogens is 3. The van der Waals surface area contributed by atoms with Crippen LogP contribution in [-0.2, 0) is 6.42 Å². The van der Waals surface area contributed by atoms with Crippen LogP contribution in [-0.4, -0.2) is 32.4 Å². The van der Waals surface area contributed by atoms with Crippen LogP contribution in [0.2, 0.25) is 0 Å². The largest absolute Gasteiger partial charge is 0.494 e. The molecule has 0 saturated heterocycles. The van der Waals surface area contributed by atoms with Crippen LogP contribution in [0.25, 0.3) is 0 Å². The quantitative estimate of drug-likeness (QED) is 0.364. The number of nitrogens with zero attached hydrogens (tertiary/aromatic N) is 3. The molecule has 0 N–H and O–H groups in total. The van der Waals surface area contributed by atoms with Crippen LogP contribution >= 0.6 is 23.1 Å². The van der Waals surface area contributed by atoms with Gasteiger partial charge < -0.3 is 9.30 Å². The summed E-state index contributed by atoms with van der Waals surface area (Å²) in [6, 6.07) is 12.0. The highest BCUT2D eigenvalue weighted by molar-refractivity contribution is 8.00. The van der Waals surface area contributed by atoms with E-state index in [9.17, 15) is 4.79 Å². The zero-order valence-electron chi connectivity index (χ0n) is 16.0. The molecule has 1 aliphatic rings. The molecular formula is C21H23N3O2S2. The molecule has 1 aromatic carbocycles. The molecule has 0 spiro atoms. The molecule has 0 aliphatic heterocycles. The van der Waals surface area contributed by atoms with Crippen molar-refractivity contribution in [1.82, 2.24) is 14.8 Å². The summed E-state index contributed by atoms with van der Waals surface area (Å²) in [5.74, 6) is 1.87. The number of thioether (sulfide) groups is 1. The van der Waals surface area contributed by atoms with Gasteiger partial charge in [0.25, 0.3) is 0 Å². The molecule has 0 radical (unpaired) electrons. The fourth-order valence-corrected chi connectivity index (χ4v) is 4.82. The van der Waals surface area contributed by atoms with Crippen LogP contribution < -0.4 is 4.74 Å². The van der Waals surface area contributed by atoms with Gasteiger partial charge in [-0.25, -0.2) is 0 Å². The first kappa shape index (κ1) is 19.2. The Morgan fingerprint density at radius 2 is 2.07 bits per heavy atom. The normalized spacial score (nSPS) is 14.8. The van der Waals surface area contributed by atoms with Crippen molar-refractivity contribution in [2.75, 3.05) is 6.61 Å². The number of ketones is 1. The lowest BCUT2D eigenvalue weighted by Crippen LogP contribution is -2.15. The number of thiophene rings is 1. The monoisotopic (exact) mass is 413 g/mol. The molecule has 1 atom stereocenters. The zero-order chi connectivity index (χ0) is 19.5. The molecule has 7 heteroatoms. The maximum atomic E-state index is 12.9. The van der Waals surface area contributed by atoms with E-state index in [-0.39, 0.29) is 11.0 Å².